The molecule has 0 bridgehead atoms. The van der Waals surface area contributed by atoms with Gasteiger partial charge in [0.2, 0.25) is 0 Å². The number of unbranched alkanes of at least 4 members (excludes halogenated alkanes) is 11. The Morgan fingerprint density at radius 1 is 0.895 bits per heavy atom. The first-order chi connectivity index (χ1) is 17.9. The van der Waals surface area contributed by atoms with Gasteiger partial charge in [0.15, 0.2) is 0 Å². The van der Waals surface area contributed by atoms with Crippen molar-refractivity contribution in [3.05, 3.63) is 0 Å². The minimum Gasteiger partial charge on any atom is -0.756 e. The zero-order valence-corrected chi connectivity index (χ0v) is 26.1. The number of phosphoric acid groups is 1. The molecule has 2 rings (SSSR count). The van der Waals surface area contributed by atoms with E-state index in [2.05, 4.69) is 21.0 Å². The van der Waals surface area contributed by atoms with E-state index in [0.717, 1.165) is 94.6 Å². The van der Waals surface area contributed by atoms with Crippen molar-refractivity contribution in [2.24, 2.45) is 0 Å². The van der Waals surface area contributed by atoms with Gasteiger partial charge in [0, 0.05) is 12.8 Å². The summed E-state index contributed by atoms with van der Waals surface area (Å²) >= 11 is 0. The fourth-order valence-electron chi connectivity index (χ4n) is 5.76. The van der Waals surface area contributed by atoms with Crippen LogP contribution in [0.4, 0.5) is 0 Å². The number of quaternary nitrogens is 1. The lowest BCUT2D eigenvalue weighted by molar-refractivity contribution is -0.896. The Bertz CT molecular complexity index is 697. The van der Waals surface area contributed by atoms with Gasteiger partial charge in [-0.25, -0.2) is 0 Å². The first-order valence-electron chi connectivity index (χ1n) is 15.5. The lowest BCUT2D eigenvalue weighted by Crippen LogP contribution is -2.49. The van der Waals surface area contributed by atoms with E-state index in [-0.39, 0.29) is 12.7 Å². The highest BCUT2D eigenvalue weighted by Gasteiger charge is 2.51. The van der Waals surface area contributed by atoms with Crippen LogP contribution in [-0.2, 0) is 23.6 Å². The molecule has 0 saturated carbocycles. The first-order valence-corrected chi connectivity index (χ1v) is 16.9. The van der Waals surface area contributed by atoms with E-state index in [1.54, 1.807) is 0 Å². The summed E-state index contributed by atoms with van der Waals surface area (Å²) in [5.74, 6) is 0. The zero-order valence-electron chi connectivity index (χ0n) is 25.2. The van der Waals surface area contributed by atoms with E-state index >= 15 is 0 Å². The first kappa shape index (κ1) is 34.2. The molecule has 0 amide bonds. The number of likely N-dealkylation sites (tertiary alicyclic amines) is 1. The number of ether oxygens (including phenoxy) is 1. The van der Waals surface area contributed by atoms with Crippen LogP contribution < -0.4 is 4.89 Å². The molecule has 9 heteroatoms. The maximum atomic E-state index is 13.1. The van der Waals surface area contributed by atoms with Crippen LogP contribution in [0.5, 0.6) is 0 Å². The number of nitrogens with zero attached hydrogens (tertiary/aromatic N) is 2. The number of piperidine rings is 1. The second-order valence-electron chi connectivity index (χ2n) is 13.1. The van der Waals surface area contributed by atoms with E-state index in [9.17, 15) is 14.7 Å². The molecule has 0 aromatic rings. The molecule has 38 heavy (non-hydrogen) atoms. The SMILES string of the molecule is CCCCCCCCC1(CCCCCCCCCOP(=O)([O-])OC2CC[N+](C)(C)CC2)OCC(C)(C)N1[O]. The summed E-state index contributed by atoms with van der Waals surface area (Å²) in [7, 11) is 0.0905. The van der Waals surface area contributed by atoms with E-state index in [1.807, 2.05) is 13.8 Å². The fraction of sp³-hybridized carbons (Fsp3) is 1.00. The minimum absolute atomic E-state index is 0.197. The molecule has 2 saturated heterocycles. The predicted molar refractivity (Wildman–Crippen MR) is 150 cm³/mol. The molecule has 2 fully saturated rings. The molecule has 0 aromatic heterocycles. The topological polar surface area (TPSA) is 91.0 Å². The second kappa shape index (κ2) is 16.4. The molecule has 2 aliphatic rings. The molecule has 2 unspecified atom stereocenters. The molecule has 0 N–H and O–H groups in total. The van der Waals surface area contributed by atoms with E-state index < -0.39 is 19.1 Å². The molecule has 2 heterocycles. The van der Waals surface area contributed by atoms with Gasteiger partial charge < -0.3 is 23.2 Å². The Labute approximate surface area is 233 Å². The van der Waals surface area contributed by atoms with Crippen LogP contribution in [0.2, 0.25) is 0 Å². The maximum Gasteiger partial charge on any atom is 0.268 e. The smallest absolute Gasteiger partial charge is 0.268 e. The van der Waals surface area contributed by atoms with E-state index in [1.165, 1.54) is 37.2 Å². The number of rotatable bonds is 20. The van der Waals surface area contributed by atoms with Gasteiger partial charge in [-0.1, -0.05) is 71.1 Å². The summed E-state index contributed by atoms with van der Waals surface area (Å²) in [5, 5.41) is 14.4. The summed E-state index contributed by atoms with van der Waals surface area (Å²) < 4.78 is 29.6. The lowest BCUT2D eigenvalue weighted by Gasteiger charge is -2.38. The van der Waals surface area contributed by atoms with Crippen LogP contribution >= 0.6 is 7.82 Å². The summed E-state index contributed by atoms with van der Waals surface area (Å²) in [6, 6.07) is 0. The third kappa shape index (κ3) is 12.2. The van der Waals surface area contributed by atoms with Crippen molar-refractivity contribution in [3.8, 4) is 0 Å². The Balaban J connectivity index is 1.54. The van der Waals surface area contributed by atoms with Gasteiger partial charge in [0.25, 0.3) is 7.82 Å². The molecule has 0 spiro atoms. The third-order valence-corrected chi connectivity index (χ3v) is 9.44. The molecule has 0 aliphatic carbocycles. The van der Waals surface area contributed by atoms with Gasteiger partial charge in [0.05, 0.1) is 52.0 Å². The normalized spacial score (nSPS) is 25.6. The highest BCUT2D eigenvalue weighted by molar-refractivity contribution is 7.45. The minimum atomic E-state index is -4.22. The van der Waals surface area contributed by atoms with Gasteiger partial charge in [-0.2, -0.15) is 0 Å². The molecular weight excluding hydrogens is 503 g/mol. The summed E-state index contributed by atoms with van der Waals surface area (Å²) in [5.41, 5.74) is -1.09. The van der Waals surface area contributed by atoms with Crippen LogP contribution in [-0.4, -0.2) is 67.3 Å². The Morgan fingerprint density at radius 2 is 1.39 bits per heavy atom. The van der Waals surface area contributed by atoms with Gasteiger partial charge in [-0.3, -0.25) is 4.57 Å². The summed E-state index contributed by atoms with van der Waals surface area (Å²) in [6.45, 7) is 8.75. The van der Waals surface area contributed by atoms with Crippen LogP contribution in [0.25, 0.3) is 0 Å². The maximum absolute atomic E-state index is 13.1. The zero-order chi connectivity index (χ0) is 28.1. The average Bonchev–Trinajstić information content (AvgIpc) is 3.08. The number of hydroxylamine groups is 2. The molecule has 2 aliphatic heterocycles. The largest absolute Gasteiger partial charge is 0.756 e. The van der Waals surface area contributed by atoms with Gasteiger partial charge in [-0.15, -0.1) is 10.3 Å². The number of phosphoric ester groups is 1. The van der Waals surface area contributed by atoms with Gasteiger partial charge >= 0.3 is 0 Å². The standard InChI is InChI=1S/C29H58N2O6P/c1-6-7-8-9-13-16-21-29(30(32)28(2,3)26-35-29)22-17-14-11-10-12-15-18-25-36-38(33,34)37-27-19-23-31(4,5)24-20-27/h27H,6-26H2,1-5H3. The highest BCUT2D eigenvalue weighted by Crippen LogP contribution is 2.42. The Morgan fingerprint density at radius 3 is 1.89 bits per heavy atom. The van der Waals surface area contributed by atoms with Crippen molar-refractivity contribution < 1.29 is 32.9 Å². The molecule has 1 radical (unpaired) electrons. The molecular formula is C29H58N2O6P. The van der Waals surface area contributed by atoms with Crippen molar-refractivity contribution >= 4 is 7.82 Å². The fourth-order valence-corrected chi connectivity index (χ4v) is 6.75. The molecule has 225 valence electrons. The van der Waals surface area contributed by atoms with Crippen LogP contribution in [0.3, 0.4) is 0 Å². The molecule has 2 atom stereocenters. The average molecular weight is 562 g/mol. The Hall–Kier alpha value is -0.0500. The van der Waals surface area contributed by atoms with Crippen molar-refractivity contribution in [1.82, 2.24) is 5.06 Å². The molecule has 8 nitrogen and oxygen atoms in total. The lowest BCUT2D eigenvalue weighted by atomic mass is 9.95. The quantitative estimate of drug-likeness (QED) is 0.0928. The van der Waals surface area contributed by atoms with E-state index in [0.29, 0.717) is 6.61 Å². The monoisotopic (exact) mass is 561 g/mol. The van der Waals surface area contributed by atoms with E-state index in [4.69, 9.17) is 13.8 Å². The van der Waals surface area contributed by atoms with Crippen molar-refractivity contribution in [3.63, 3.8) is 0 Å². The van der Waals surface area contributed by atoms with Crippen molar-refractivity contribution in [2.75, 3.05) is 40.4 Å². The summed E-state index contributed by atoms with van der Waals surface area (Å²) in [6.07, 6.45) is 17.2. The van der Waals surface area contributed by atoms with Crippen molar-refractivity contribution in [2.45, 2.75) is 147 Å². The van der Waals surface area contributed by atoms with Crippen LogP contribution in [0, 0.1) is 0 Å². The van der Waals surface area contributed by atoms with Crippen LogP contribution in [0.1, 0.15) is 130 Å². The second-order valence-corrected chi connectivity index (χ2v) is 14.4. The molecule has 0 aromatic carbocycles. The Kier molecular flexibility index (Phi) is 14.7. The highest BCUT2D eigenvalue weighted by atomic mass is 31.2. The summed E-state index contributed by atoms with van der Waals surface area (Å²) in [4.78, 5) is 12.1. The van der Waals surface area contributed by atoms with Gasteiger partial charge in [0.1, 0.15) is 5.72 Å². The van der Waals surface area contributed by atoms with Crippen molar-refractivity contribution in [1.29, 1.82) is 0 Å². The van der Waals surface area contributed by atoms with Gasteiger partial charge in [-0.05, 0) is 46.0 Å². The number of hydrogen-bond acceptors (Lipinski definition) is 6. The van der Waals surface area contributed by atoms with Crippen LogP contribution in [0.15, 0.2) is 0 Å². The number of hydrogen-bond donors (Lipinski definition) is 0. The third-order valence-electron chi connectivity index (χ3n) is 8.39. The predicted octanol–water partition coefficient (Wildman–Crippen LogP) is 6.75.